The molecule has 0 spiro atoms. The molecule has 1 heterocycles. The van der Waals surface area contributed by atoms with Gasteiger partial charge in [0, 0.05) is 12.1 Å². The van der Waals surface area contributed by atoms with Crippen molar-refractivity contribution >= 4 is 0 Å². The van der Waals surface area contributed by atoms with Crippen LogP contribution in [-0.2, 0) is 6.42 Å². The Bertz CT molecular complexity index is 330. The lowest BCUT2D eigenvalue weighted by Crippen LogP contribution is -2.39. The van der Waals surface area contributed by atoms with Crippen LogP contribution in [0.25, 0.3) is 0 Å². The molecule has 2 nitrogen and oxygen atoms in total. The van der Waals surface area contributed by atoms with Gasteiger partial charge < -0.3 is 10.6 Å². The van der Waals surface area contributed by atoms with Crippen molar-refractivity contribution in [3.05, 3.63) is 35.6 Å². The molecule has 2 unspecified atom stereocenters. The fourth-order valence-corrected chi connectivity index (χ4v) is 2.23. The summed E-state index contributed by atoms with van der Waals surface area (Å²) < 4.78 is 13.4. The smallest absolute Gasteiger partial charge is 0.126 e. The van der Waals surface area contributed by atoms with Crippen LogP contribution in [0.3, 0.4) is 0 Å². The van der Waals surface area contributed by atoms with E-state index in [0.717, 1.165) is 18.5 Å². The molecule has 0 radical (unpaired) electrons. The monoisotopic (exact) mass is 208 g/mol. The Labute approximate surface area is 89.9 Å². The van der Waals surface area contributed by atoms with Crippen LogP contribution in [0, 0.1) is 5.82 Å². The van der Waals surface area contributed by atoms with Gasteiger partial charge in [-0.05, 0) is 38.1 Å². The third kappa shape index (κ3) is 2.19. The molecule has 0 aromatic heterocycles. The molecule has 1 aromatic rings. The number of halogens is 1. The molecule has 1 saturated heterocycles. The first-order valence-electron chi connectivity index (χ1n) is 5.37. The van der Waals surface area contributed by atoms with Crippen molar-refractivity contribution in [3.63, 3.8) is 0 Å². The predicted octanol–water partition coefficient (Wildman–Crippen LogP) is 1.40. The molecule has 1 aromatic carbocycles. The lowest BCUT2D eigenvalue weighted by molar-refractivity contribution is 0.294. The van der Waals surface area contributed by atoms with Gasteiger partial charge in [0.1, 0.15) is 5.82 Å². The molecule has 2 N–H and O–H groups in total. The van der Waals surface area contributed by atoms with E-state index < -0.39 is 0 Å². The van der Waals surface area contributed by atoms with Gasteiger partial charge in [0.2, 0.25) is 0 Å². The fraction of sp³-hybridized carbons (Fsp3) is 0.500. The first-order chi connectivity index (χ1) is 7.18. The van der Waals surface area contributed by atoms with Crippen LogP contribution in [-0.4, -0.2) is 30.6 Å². The highest BCUT2D eigenvalue weighted by Crippen LogP contribution is 2.19. The molecular formula is C12H17FN2. The molecule has 1 fully saturated rings. The van der Waals surface area contributed by atoms with E-state index in [4.69, 9.17) is 5.73 Å². The van der Waals surface area contributed by atoms with E-state index in [2.05, 4.69) is 11.9 Å². The highest BCUT2D eigenvalue weighted by atomic mass is 19.1. The van der Waals surface area contributed by atoms with Gasteiger partial charge in [-0.2, -0.15) is 0 Å². The Morgan fingerprint density at radius 3 is 2.80 bits per heavy atom. The van der Waals surface area contributed by atoms with E-state index >= 15 is 0 Å². The fourth-order valence-electron chi connectivity index (χ4n) is 2.23. The van der Waals surface area contributed by atoms with Crippen molar-refractivity contribution in [2.45, 2.75) is 24.9 Å². The second kappa shape index (κ2) is 4.29. The molecule has 3 heteroatoms. The summed E-state index contributed by atoms with van der Waals surface area (Å²) in [5.41, 5.74) is 6.77. The molecular weight excluding hydrogens is 191 g/mol. The highest BCUT2D eigenvalue weighted by Gasteiger charge is 2.29. The average Bonchev–Trinajstić information content (AvgIpc) is 2.53. The number of likely N-dealkylation sites (tertiary alicyclic amines) is 1. The largest absolute Gasteiger partial charge is 0.326 e. The van der Waals surface area contributed by atoms with Crippen LogP contribution in [0.15, 0.2) is 24.3 Å². The maximum atomic E-state index is 13.4. The van der Waals surface area contributed by atoms with E-state index in [1.807, 2.05) is 12.1 Å². The first-order valence-corrected chi connectivity index (χ1v) is 5.37. The normalized spacial score (nSPS) is 27.1. The minimum absolute atomic E-state index is 0.120. The highest BCUT2D eigenvalue weighted by molar-refractivity contribution is 5.19. The van der Waals surface area contributed by atoms with Crippen molar-refractivity contribution in [1.29, 1.82) is 0 Å². The van der Waals surface area contributed by atoms with Gasteiger partial charge in [-0.25, -0.2) is 4.39 Å². The summed E-state index contributed by atoms with van der Waals surface area (Å²) in [5.74, 6) is -0.120. The number of rotatable bonds is 2. The SMILES string of the molecule is CN1CCC(N)C1Cc1ccccc1F. The van der Waals surface area contributed by atoms with Gasteiger partial charge in [0.25, 0.3) is 0 Å². The lowest BCUT2D eigenvalue weighted by atomic mass is 10.0. The van der Waals surface area contributed by atoms with E-state index in [1.54, 1.807) is 6.07 Å². The van der Waals surface area contributed by atoms with Gasteiger partial charge in [0.05, 0.1) is 0 Å². The van der Waals surface area contributed by atoms with E-state index in [1.165, 1.54) is 6.07 Å². The standard InChI is InChI=1S/C12H17FN2/c1-15-7-6-11(14)12(15)8-9-4-2-3-5-10(9)13/h2-5,11-12H,6-8,14H2,1H3. The summed E-state index contributed by atoms with van der Waals surface area (Å²) in [4.78, 5) is 2.22. The predicted molar refractivity (Wildman–Crippen MR) is 59.1 cm³/mol. The zero-order chi connectivity index (χ0) is 10.8. The second-order valence-electron chi connectivity index (χ2n) is 4.30. The Morgan fingerprint density at radius 1 is 1.47 bits per heavy atom. The van der Waals surface area contributed by atoms with Crippen molar-refractivity contribution in [2.24, 2.45) is 5.73 Å². The Morgan fingerprint density at radius 2 is 2.20 bits per heavy atom. The minimum Gasteiger partial charge on any atom is -0.326 e. The summed E-state index contributed by atoms with van der Waals surface area (Å²) in [6.07, 6.45) is 1.72. The molecule has 0 saturated carbocycles. The van der Waals surface area contributed by atoms with Crippen LogP contribution in [0.2, 0.25) is 0 Å². The summed E-state index contributed by atoms with van der Waals surface area (Å²) in [7, 11) is 2.05. The van der Waals surface area contributed by atoms with Gasteiger partial charge in [0.15, 0.2) is 0 Å². The number of benzene rings is 1. The summed E-state index contributed by atoms with van der Waals surface area (Å²) in [6, 6.07) is 7.40. The Balaban J connectivity index is 2.11. The summed E-state index contributed by atoms with van der Waals surface area (Å²) >= 11 is 0. The maximum absolute atomic E-state index is 13.4. The van der Waals surface area contributed by atoms with Crippen LogP contribution < -0.4 is 5.73 Å². The maximum Gasteiger partial charge on any atom is 0.126 e. The summed E-state index contributed by atoms with van der Waals surface area (Å²) in [6.45, 7) is 1.01. The van der Waals surface area contributed by atoms with Crippen molar-refractivity contribution < 1.29 is 4.39 Å². The quantitative estimate of drug-likeness (QED) is 0.796. The van der Waals surface area contributed by atoms with Crippen LogP contribution in [0.1, 0.15) is 12.0 Å². The Hall–Kier alpha value is -0.930. The summed E-state index contributed by atoms with van der Waals surface area (Å²) in [5, 5.41) is 0. The molecule has 2 rings (SSSR count). The minimum atomic E-state index is -0.120. The molecule has 0 amide bonds. The molecule has 15 heavy (non-hydrogen) atoms. The molecule has 82 valence electrons. The number of hydrogen-bond acceptors (Lipinski definition) is 2. The number of hydrogen-bond donors (Lipinski definition) is 1. The molecule has 2 atom stereocenters. The number of nitrogens with zero attached hydrogens (tertiary/aromatic N) is 1. The number of nitrogens with two attached hydrogens (primary N) is 1. The van der Waals surface area contributed by atoms with E-state index in [-0.39, 0.29) is 17.9 Å². The van der Waals surface area contributed by atoms with Crippen LogP contribution in [0.4, 0.5) is 4.39 Å². The topological polar surface area (TPSA) is 29.3 Å². The van der Waals surface area contributed by atoms with Gasteiger partial charge in [-0.1, -0.05) is 18.2 Å². The number of likely N-dealkylation sites (N-methyl/N-ethyl adjacent to an activating group) is 1. The third-order valence-electron chi connectivity index (χ3n) is 3.26. The van der Waals surface area contributed by atoms with Gasteiger partial charge in [-0.15, -0.1) is 0 Å². The van der Waals surface area contributed by atoms with Crippen molar-refractivity contribution in [2.75, 3.05) is 13.6 Å². The first kappa shape index (κ1) is 10.6. The third-order valence-corrected chi connectivity index (χ3v) is 3.26. The van der Waals surface area contributed by atoms with Gasteiger partial charge in [-0.3, -0.25) is 0 Å². The van der Waals surface area contributed by atoms with Crippen molar-refractivity contribution in [3.8, 4) is 0 Å². The van der Waals surface area contributed by atoms with Crippen molar-refractivity contribution in [1.82, 2.24) is 4.90 Å². The molecule has 0 bridgehead atoms. The molecule has 1 aliphatic rings. The van der Waals surface area contributed by atoms with Crippen LogP contribution in [0.5, 0.6) is 0 Å². The van der Waals surface area contributed by atoms with Gasteiger partial charge >= 0.3 is 0 Å². The van der Waals surface area contributed by atoms with E-state index in [0.29, 0.717) is 6.42 Å². The van der Waals surface area contributed by atoms with Crippen LogP contribution >= 0.6 is 0 Å². The van der Waals surface area contributed by atoms with E-state index in [9.17, 15) is 4.39 Å². The second-order valence-corrected chi connectivity index (χ2v) is 4.30. The zero-order valence-corrected chi connectivity index (χ0v) is 8.99. The Kier molecular flexibility index (Phi) is 3.03. The molecule has 1 aliphatic heterocycles. The zero-order valence-electron chi connectivity index (χ0n) is 8.99. The average molecular weight is 208 g/mol. The molecule has 0 aliphatic carbocycles. The lowest BCUT2D eigenvalue weighted by Gasteiger charge is -2.22.